The average Bonchev–Trinajstić information content (AvgIpc) is 3.40. The summed E-state index contributed by atoms with van der Waals surface area (Å²) in [6.45, 7) is 0. The van der Waals surface area contributed by atoms with Gasteiger partial charge in [0.05, 0.1) is 16.3 Å². The lowest BCUT2D eigenvalue weighted by Crippen LogP contribution is -2.62. The number of rotatable bonds is 6. The van der Waals surface area contributed by atoms with Crippen molar-refractivity contribution in [2.45, 2.75) is 48.7 Å². The summed E-state index contributed by atoms with van der Waals surface area (Å²) in [5, 5.41) is 4.32. The molecule has 0 bridgehead atoms. The zero-order chi connectivity index (χ0) is 31.2. The lowest BCUT2D eigenvalue weighted by atomic mass is 9.82. The lowest BCUT2D eigenvalue weighted by molar-refractivity contribution is -0.132. The molecule has 1 saturated carbocycles. The van der Waals surface area contributed by atoms with E-state index < -0.39 is 33.5 Å². The van der Waals surface area contributed by atoms with Crippen molar-refractivity contribution in [3.63, 3.8) is 0 Å². The highest BCUT2D eigenvalue weighted by molar-refractivity contribution is 7.89. The molecule has 228 valence electrons. The van der Waals surface area contributed by atoms with Gasteiger partial charge >= 0.3 is 0 Å². The number of furan rings is 1. The van der Waals surface area contributed by atoms with Gasteiger partial charge in [-0.2, -0.15) is 4.72 Å². The van der Waals surface area contributed by atoms with Crippen LogP contribution in [0, 0.1) is 0 Å². The van der Waals surface area contributed by atoms with Crippen molar-refractivity contribution in [3.05, 3.63) is 108 Å². The number of sulfonamides is 1. The monoisotopic (exact) mass is 620 g/mol. The van der Waals surface area contributed by atoms with Crippen LogP contribution in [0.25, 0.3) is 21.9 Å². The van der Waals surface area contributed by atoms with E-state index in [0.717, 1.165) is 22.9 Å². The van der Waals surface area contributed by atoms with E-state index in [9.17, 15) is 18.0 Å². The zero-order valence-corrected chi connectivity index (χ0v) is 25.5. The van der Waals surface area contributed by atoms with Crippen molar-refractivity contribution in [3.8, 4) is 0 Å². The predicted octanol–water partition coefficient (Wildman–Crippen LogP) is 5.52. The number of anilines is 1. The first kappa shape index (κ1) is 28.9. The first-order valence-corrected chi connectivity index (χ1v) is 16.5. The van der Waals surface area contributed by atoms with Crippen molar-refractivity contribution >= 4 is 55.2 Å². The quantitative estimate of drug-likeness (QED) is 0.259. The van der Waals surface area contributed by atoms with Crippen LogP contribution in [0.3, 0.4) is 0 Å². The van der Waals surface area contributed by atoms with E-state index in [1.54, 1.807) is 19.2 Å². The molecule has 2 N–H and O–H groups in total. The van der Waals surface area contributed by atoms with Gasteiger partial charge in [-0.1, -0.05) is 86.0 Å². The van der Waals surface area contributed by atoms with Crippen LogP contribution in [0.4, 0.5) is 5.69 Å². The summed E-state index contributed by atoms with van der Waals surface area (Å²) in [5.41, 5.74) is 2.56. The van der Waals surface area contributed by atoms with Crippen LogP contribution >= 0.6 is 0 Å². The van der Waals surface area contributed by atoms with Crippen LogP contribution in [-0.2, 0) is 19.6 Å². The molecule has 0 radical (unpaired) electrons. The minimum Gasteiger partial charge on any atom is -0.456 e. The summed E-state index contributed by atoms with van der Waals surface area (Å²) in [6.07, 6.45) is 1.51. The largest absolute Gasteiger partial charge is 0.456 e. The number of carbonyl (C=O) groups is 2. The van der Waals surface area contributed by atoms with Gasteiger partial charge in [-0.3, -0.25) is 9.59 Å². The number of benzene rings is 4. The predicted molar refractivity (Wildman–Crippen MR) is 174 cm³/mol. The fourth-order valence-electron chi connectivity index (χ4n) is 6.42. The first-order valence-electron chi connectivity index (χ1n) is 15.0. The molecule has 1 atom stereocenters. The second-order valence-corrected chi connectivity index (χ2v) is 13.3. The minimum absolute atomic E-state index is 0.0319. The molecule has 1 aliphatic carbocycles. The standard InChI is InChI=1S/C35H32N4O5S/c1-39-28-16-8-6-15-26(28)31(23-12-4-2-5-13-23)36-32(33(39)40)37-34(41)35(20-10-3-11-21-35)38-45(42,43)24-18-19-30-27(22-24)25-14-7-9-17-29(25)44-30/h2,4-9,12-19,22,32,38H,3,10-11,20-21H2,1H3,(H,37,41). The molecule has 1 aromatic heterocycles. The topological polar surface area (TPSA) is 121 Å². The van der Waals surface area contributed by atoms with Crippen molar-refractivity contribution in [2.75, 3.05) is 11.9 Å². The van der Waals surface area contributed by atoms with E-state index in [-0.39, 0.29) is 4.90 Å². The Labute approximate surface area is 261 Å². The second kappa shape index (κ2) is 11.3. The summed E-state index contributed by atoms with van der Waals surface area (Å²) in [6, 6.07) is 29.1. The number of amides is 2. The van der Waals surface area contributed by atoms with Crippen LogP contribution in [0.5, 0.6) is 0 Å². The summed E-state index contributed by atoms with van der Waals surface area (Å²) in [7, 11) is -2.50. The molecule has 4 aromatic carbocycles. The van der Waals surface area contributed by atoms with E-state index >= 15 is 0 Å². The van der Waals surface area contributed by atoms with Crippen molar-refractivity contribution in [1.29, 1.82) is 0 Å². The van der Waals surface area contributed by atoms with E-state index in [2.05, 4.69) is 10.0 Å². The van der Waals surface area contributed by atoms with Crippen LogP contribution in [0.15, 0.2) is 111 Å². The van der Waals surface area contributed by atoms with Crippen LogP contribution in [-0.4, -0.2) is 44.7 Å². The van der Waals surface area contributed by atoms with Gasteiger partial charge < -0.3 is 14.6 Å². The maximum absolute atomic E-state index is 14.2. The maximum atomic E-state index is 14.2. The van der Waals surface area contributed by atoms with Crippen LogP contribution in [0.1, 0.15) is 43.2 Å². The van der Waals surface area contributed by atoms with Gasteiger partial charge in [-0.25, -0.2) is 13.4 Å². The highest BCUT2D eigenvalue weighted by atomic mass is 32.2. The highest BCUT2D eigenvalue weighted by Gasteiger charge is 2.45. The minimum atomic E-state index is -4.15. The van der Waals surface area contributed by atoms with Crippen LogP contribution in [0.2, 0.25) is 0 Å². The number of fused-ring (bicyclic) bond motifs is 4. The number of hydrogen-bond donors (Lipinski definition) is 2. The number of hydrogen-bond acceptors (Lipinski definition) is 6. The van der Waals surface area contributed by atoms with Gasteiger partial charge in [0.15, 0.2) is 0 Å². The van der Waals surface area contributed by atoms with Gasteiger partial charge in [-0.05, 0) is 43.2 Å². The number of benzodiazepines with no additional fused rings is 1. The molecule has 2 heterocycles. The summed E-state index contributed by atoms with van der Waals surface area (Å²) in [4.78, 5) is 34.3. The maximum Gasteiger partial charge on any atom is 0.272 e. The Morgan fingerprint density at radius 2 is 1.56 bits per heavy atom. The number of para-hydroxylation sites is 2. The Morgan fingerprint density at radius 3 is 2.36 bits per heavy atom. The average molecular weight is 621 g/mol. The molecule has 1 fully saturated rings. The Bertz CT molecular complexity index is 2080. The third-order valence-corrected chi connectivity index (χ3v) is 10.3. The molecular formula is C35H32N4O5S. The SMILES string of the molecule is CN1C(=O)C(NC(=O)C2(NS(=O)(=O)c3ccc4oc5ccccc5c4c3)CCCCC2)N=C(c2ccccc2)c2ccccc21. The summed E-state index contributed by atoms with van der Waals surface area (Å²) in [5.74, 6) is -0.998. The van der Waals surface area contributed by atoms with Crippen LogP contribution < -0.4 is 14.9 Å². The molecule has 5 aromatic rings. The number of nitrogens with zero attached hydrogens (tertiary/aromatic N) is 2. The van der Waals surface area contributed by atoms with Crippen molar-refractivity contribution < 1.29 is 22.4 Å². The molecule has 0 saturated heterocycles. The Hall–Kier alpha value is -4.80. The molecule has 9 nitrogen and oxygen atoms in total. The Morgan fingerprint density at radius 1 is 0.867 bits per heavy atom. The number of nitrogens with one attached hydrogen (secondary N) is 2. The molecule has 10 heteroatoms. The molecular weight excluding hydrogens is 588 g/mol. The summed E-state index contributed by atoms with van der Waals surface area (Å²) >= 11 is 0. The van der Waals surface area contributed by atoms with Gasteiger partial charge in [0.1, 0.15) is 16.7 Å². The third kappa shape index (κ3) is 5.19. The highest BCUT2D eigenvalue weighted by Crippen LogP contribution is 2.34. The van der Waals surface area contributed by atoms with E-state index in [4.69, 9.17) is 9.41 Å². The molecule has 45 heavy (non-hydrogen) atoms. The second-order valence-electron chi connectivity index (χ2n) is 11.6. The van der Waals surface area contributed by atoms with E-state index in [0.29, 0.717) is 53.6 Å². The number of carbonyl (C=O) groups excluding carboxylic acids is 2. The fraction of sp³-hybridized carbons (Fsp3) is 0.229. The zero-order valence-electron chi connectivity index (χ0n) is 24.7. The lowest BCUT2D eigenvalue weighted by Gasteiger charge is -2.37. The molecule has 1 unspecified atom stereocenters. The van der Waals surface area contributed by atoms with E-state index in [1.165, 1.54) is 11.0 Å². The number of aliphatic imine (C=N–C) groups is 1. The van der Waals surface area contributed by atoms with E-state index in [1.807, 2.05) is 78.9 Å². The Kier molecular flexibility index (Phi) is 7.26. The van der Waals surface area contributed by atoms with Crippen molar-refractivity contribution in [1.82, 2.24) is 10.0 Å². The first-order chi connectivity index (χ1) is 21.8. The Balaban J connectivity index is 1.24. The molecule has 1 aliphatic heterocycles. The summed E-state index contributed by atoms with van der Waals surface area (Å²) < 4.78 is 36.5. The fourth-order valence-corrected chi connectivity index (χ4v) is 7.87. The van der Waals surface area contributed by atoms with Gasteiger partial charge in [0.2, 0.25) is 22.1 Å². The number of likely N-dealkylation sites (N-methyl/N-ethyl adjacent to an activating group) is 1. The smallest absolute Gasteiger partial charge is 0.272 e. The molecule has 2 aliphatic rings. The van der Waals surface area contributed by atoms with Gasteiger partial charge in [0, 0.05) is 28.9 Å². The molecule has 0 spiro atoms. The van der Waals surface area contributed by atoms with Crippen molar-refractivity contribution in [2.24, 2.45) is 4.99 Å². The van der Waals surface area contributed by atoms with Gasteiger partial charge in [-0.15, -0.1) is 0 Å². The van der Waals surface area contributed by atoms with Gasteiger partial charge in [0.25, 0.3) is 5.91 Å². The normalized spacial score (nSPS) is 18.3. The molecule has 7 rings (SSSR count). The third-order valence-electron chi connectivity index (χ3n) is 8.79. The molecule has 2 amide bonds.